The summed E-state index contributed by atoms with van der Waals surface area (Å²) in [6, 6.07) is 2.12. The van der Waals surface area contributed by atoms with Crippen molar-refractivity contribution in [2.75, 3.05) is 30.4 Å². The molecule has 1 aromatic rings. The molecule has 0 bridgehead atoms. The van der Waals surface area contributed by atoms with Gasteiger partial charge in [0, 0.05) is 24.5 Å². The van der Waals surface area contributed by atoms with Gasteiger partial charge in [-0.25, -0.2) is 4.98 Å². The zero-order chi connectivity index (χ0) is 12.4. The summed E-state index contributed by atoms with van der Waals surface area (Å²) in [7, 11) is 0. The number of nitrogen functional groups attached to an aromatic ring is 1. The lowest BCUT2D eigenvalue weighted by atomic mass is 10.2. The van der Waals surface area contributed by atoms with Gasteiger partial charge in [0.15, 0.2) is 0 Å². The number of aliphatic hydroxyl groups is 1. The van der Waals surface area contributed by atoms with Gasteiger partial charge in [0.1, 0.15) is 5.82 Å². The van der Waals surface area contributed by atoms with Crippen LogP contribution in [-0.2, 0) is 4.74 Å². The highest BCUT2D eigenvalue weighted by Crippen LogP contribution is 2.22. The van der Waals surface area contributed by atoms with E-state index in [1.54, 1.807) is 6.20 Å². The number of morpholine rings is 1. The number of nitrogens with zero attached hydrogens (tertiary/aromatic N) is 2. The highest BCUT2D eigenvalue weighted by atomic mass is 16.5. The summed E-state index contributed by atoms with van der Waals surface area (Å²) < 4.78 is 5.49. The van der Waals surface area contributed by atoms with Gasteiger partial charge in [-0.05, 0) is 19.4 Å². The summed E-state index contributed by atoms with van der Waals surface area (Å²) in [5, 5.41) is 9.14. The molecule has 0 radical (unpaired) electrons. The van der Waals surface area contributed by atoms with Crippen molar-refractivity contribution in [3.05, 3.63) is 17.8 Å². The SMILES string of the molecule is Cc1cnc(N2CC(CO)OCC2C)cc1N. The monoisotopic (exact) mass is 237 g/mol. The molecule has 1 fully saturated rings. The Morgan fingerprint density at radius 3 is 3.06 bits per heavy atom. The number of aliphatic hydroxyl groups excluding tert-OH is 1. The van der Waals surface area contributed by atoms with E-state index in [0.29, 0.717) is 13.2 Å². The van der Waals surface area contributed by atoms with E-state index in [2.05, 4.69) is 16.8 Å². The van der Waals surface area contributed by atoms with Crippen LogP contribution in [0.5, 0.6) is 0 Å². The molecule has 1 aliphatic heterocycles. The predicted molar refractivity (Wildman–Crippen MR) is 67.0 cm³/mol. The van der Waals surface area contributed by atoms with Crippen molar-refractivity contribution in [3.63, 3.8) is 0 Å². The molecule has 17 heavy (non-hydrogen) atoms. The number of nitrogens with two attached hydrogens (primary N) is 1. The Morgan fingerprint density at radius 1 is 1.65 bits per heavy atom. The van der Waals surface area contributed by atoms with E-state index in [1.807, 2.05) is 13.0 Å². The van der Waals surface area contributed by atoms with Crippen LogP contribution in [0.15, 0.2) is 12.3 Å². The minimum absolute atomic E-state index is 0.0323. The number of ether oxygens (including phenoxy) is 1. The lowest BCUT2D eigenvalue weighted by Gasteiger charge is -2.38. The maximum absolute atomic E-state index is 9.14. The molecular formula is C12H19N3O2. The normalized spacial score (nSPS) is 25.0. The molecule has 3 N–H and O–H groups in total. The largest absolute Gasteiger partial charge is 0.398 e. The second-order valence-corrected chi connectivity index (χ2v) is 4.54. The van der Waals surface area contributed by atoms with Gasteiger partial charge in [0.2, 0.25) is 0 Å². The third-order valence-electron chi connectivity index (χ3n) is 3.13. The summed E-state index contributed by atoms with van der Waals surface area (Å²) >= 11 is 0. The second kappa shape index (κ2) is 4.89. The summed E-state index contributed by atoms with van der Waals surface area (Å²) in [6.07, 6.45) is 1.64. The maximum Gasteiger partial charge on any atom is 0.130 e. The van der Waals surface area contributed by atoms with Gasteiger partial charge < -0.3 is 20.5 Å². The molecule has 5 heteroatoms. The molecule has 0 spiro atoms. The Bertz CT molecular complexity index is 397. The highest BCUT2D eigenvalue weighted by Gasteiger charge is 2.26. The van der Waals surface area contributed by atoms with E-state index < -0.39 is 0 Å². The van der Waals surface area contributed by atoms with Gasteiger partial charge in [-0.2, -0.15) is 0 Å². The minimum atomic E-state index is -0.143. The van der Waals surface area contributed by atoms with Crippen LogP contribution in [0.4, 0.5) is 11.5 Å². The number of pyridine rings is 1. The first-order valence-corrected chi connectivity index (χ1v) is 5.83. The van der Waals surface area contributed by atoms with Crippen molar-refractivity contribution >= 4 is 11.5 Å². The van der Waals surface area contributed by atoms with Crippen LogP contribution in [0.25, 0.3) is 0 Å². The van der Waals surface area contributed by atoms with Crippen molar-refractivity contribution in [2.45, 2.75) is 26.0 Å². The molecule has 2 rings (SSSR count). The highest BCUT2D eigenvalue weighted by molar-refractivity contribution is 5.55. The van der Waals surface area contributed by atoms with Crippen LogP contribution in [0, 0.1) is 6.92 Å². The summed E-state index contributed by atoms with van der Waals surface area (Å²) in [4.78, 5) is 6.52. The molecule has 0 amide bonds. The molecule has 0 saturated carbocycles. The van der Waals surface area contributed by atoms with Crippen LogP contribution < -0.4 is 10.6 Å². The molecule has 1 aromatic heterocycles. The van der Waals surface area contributed by atoms with Crippen LogP contribution in [0.3, 0.4) is 0 Å². The van der Waals surface area contributed by atoms with Gasteiger partial charge in [0.25, 0.3) is 0 Å². The van der Waals surface area contributed by atoms with Crippen molar-refractivity contribution in [3.8, 4) is 0 Å². The lowest BCUT2D eigenvalue weighted by molar-refractivity contribution is -0.0105. The van der Waals surface area contributed by atoms with Gasteiger partial charge >= 0.3 is 0 Å². The van der Waals surface area contributed by atoms with Gasteiger partial charge in [-0.1, -0.05) is 0 Å². The van der Waals surface area contributed by atoms with E-state index in [4.69, 9.17) is 15.6 Å². The van der Waals surface area contributed by atoms with Crippen LogP contribution in [0.1, 0.15) is 12.5 Å². The van der Waals surface area contributed by atoms with E-state index in [1.165, 1.54) is 0 Å². The smallest absolute Gasteiger partial charge is 0.130 e. The number of aromatic nitrogens is 1. The first kappa shape index (κ1) is 12.1. The van der Waals surface area contributed by atoms with Crippen LogP contribution >= 0.6 is 0 Å². The fourth-order valence-corrected chi connectivity index (χ4v) is 1.93. The molecular weight excluding hydrogens is 218 g/mol. The molecule has 94 valence electrons. The van der Waals surface area contributed by atoms with E-state index in [0.717, 1.165) is 17.1 Å². The number of aryl methyl sites for hydroxylation is 1. The van der Waals surface area contributed by atoms with Crippen molar-refractivity contribution in [2.24, 2.45) is 0 Å². The predicted octanol–water partition coefficient (Wildman–Crippen LogP) is 0.558. The molecule has 0 aliphatic carbocycles. The summed E-state index contributed by atoms with van der Waals surface area (Å²) in [6.45, 7) is 5.29. The Kier molecular flexibility index (Phi) is 3.49. The van der Waals surface area contributed by atoms with E-state index >= 15 is 0 Å². The Labute approximate surface area is 101 Å². The van der Waals surface area contributed by atoms with Gasteiger partial charge in [0.05, 0.1) is 25.4 Å². The van der Waals surface area contributed by atoms with Gasteiger partial charge in [-0.15, -0.1) is 0 Å². The average molecular weight is 237 g/mol. The molecule has 1 saturated heterocycles. The average Bonchev–Trinajstić information content (AvgIpc) is 2.33. The quantitative estimate of drug-likeness (QED) is 0.786. The fraction of sp³-hybridized carbons (Fsp3) is 0.583. The number of hydrogen-bond donors (Lipinski definition) is 2. The fourth-order valence-electron chi connectivity index (χ4n) is 1.93. The van der Waals surface area contributed by atoms with Crippen molar-refractivity contribution < 1.29 is 9.84 Å². The van der Waals surface area contributed by atoms with Crippen LogP contribution in [-0.4, -0.2) is 42.0 Å². The summed E-state index contributed by atoms with van der Waals surface area (Å²) in [5.74, 6) is 0.849. The minimum Gasteiger partial charge on any atom is -0.398 e. The standard InChI is InChI=1S/C12H19N3O2/c1-8-4-14-12(3-11(8)13)15-5-10(6-16)17-7-9(15)2/h3-4,9-10,16H,5-7H2,1-2H3,(H2,13,14). The zero-order valence-corrected chi connectivity index (χ0v) is 10.3. The first-order valence-electron chi connectivity index (χ1n) is 5.83. The Balaban J connectivity index is 2.21. The van der Waals surface area contributed by atoms with Crippen molar-refractivity contribution in [1.29, 1.82) is 0 Å². The molecule has 5 nitrogen and oxygen atoms in total. The lowest BCUT2D eigenvalue weighted by Crippen LogP contribution is -2.50. The molecule has 2 heterocycles. The zero-order valence-electron chi connectivity index (χ0n) is 10.3. The molecule has 2 atom stereocenters. The van der Waals surface area contributed by atoms with Crippen LogP contribution in [0.2, 0.25) is 0 Å². The third-order valence-corrected chi connectivity index (χ3v) is 3.13. The number of rotatable bonds is 2. The first-order chi connectivity index (χ1) is 8.11. The summed E-state index contributed by atoms with van der Waals surface area (Å²) in [5.41, 5.74) is 7.62. The number of anilines is 2. The molecule has 1 aliphatic rings. The maximum atomic E-state index is 9.14. The Morgan fingerprint density at radius 2 is 2.41 bits per heavy atom. The van der Waals surface area contributed by atoms with Crippen molar-refractivity contribution in [1.82, 2.24) is 4.98 Å². The van der Waals surface area contributed by atoms with E-state index in [9.17, 15) is 0 Å². The van der Waals surface area contributed by atoms with E-state index in [-0.39, 0.29) is 18.8 Å². The third kappa shape index (κ3) is 2.50. The van der Waals surface area contributed by atoms with Gasteiger partial charge in [-0.3, -0.25) is 0 Å². The molecule has 0 aromatic carbocycles. The second-order valence-electron chi connectivity index (χ2n) is 4.54. The number of hydrogen-bond acceptors (Lipinski definition) is 5. The Hall–Kier alpha value is -1.33. The topological polar surface area (TPSA) is 71.6 Å². The molecule has 2 unspecified atom stereocenters.